The van der Waals surface area contributed by atoms with E-state index in [2.05, 4.69) is 49.2 Å². The van der Waals surface area contributed by atoms with Gasteiger partial charge in [-0.2, -0.15) is 5.01 Å². The van der Waals surface area contributed by atoms with E-state index in [0.29, 0.717) is 6.42 Å². The van der Waals surface area contributed by atoms with Gasteiger partial charge in [0, 0.05) is 28.6 Å². The minimum atomic E-state index is -0.198. The van der Waals surface area contributed by atoms with Crippen LogP contribution in [0.15, 0.2) is 54.2 Å². The molecule has 4 heteroatoms. The van der Waals surface area contributed by atoms with Gasteiger partial charge in [0.05, 0.1) is 6.04 Å². The average molecular weight is 365 g/mol. The molecule has 2 fully saturated rings. The molecule has 2 saturated heterocycles. The SMILES string of the molecule is CC1(C)CC(=O)N2/C(=C/c3ccccc3)C3Cc4ccc(Cl)cc4C3N21. The third kappa shape index (κ3) is 2.20. The van der Waals surface area contributed by atoms with Crippen LogP contribution < -0.4 is 0 Å². The molecule has 2 atom stereocenters. The zero-order valence-electron chi connectivity index (χ0n) is 14.9. The number of amides is 1. The molecule has 1 aliphatic carbocycles. The molecule has 0 N–H and O–H groups in total. The third-order valence-corrected chi connectivity index (χ3v) is 6.14. The fourth-order valence-electron chi connectivity index (χ4n) is 4.89. The summed E-state index contributed by atoms with van der Waals surface area (Å²) in [4.78, 5) is 12.9. The van der Waals surface area contributed by atoms with Crippen LogP contribution in [0.2, 0.25) is 5.02 Å². The molecule has 2 heterocycles. The van der Waals surface area contributed by atoms with Crippen molar-refractivity contribution >= 4 is 23.6 Å². The van der Waals surface area contributed by atoms with Gasteiger partial charge < -0.3 is 0 Å². The van der Waals surface area contributed by atoms with Crippen LogP contribution in [-0.2, 0) is 11.2 Å². The summed E-state index contributed by atoms with van der Waals surface area (Å²) in [7, 11) is 0. The summed E-state index contributed by atoms with van der Waals surface area (Å²) in [6, 6.07) is 16.7. The fraction of sp³-hybridized carbons (Fsp3) is 0.318. The van der Waals surface area contributed by atoms with Gasteiger partial charge in [-0.25, -0.2) is 5.01 Å². The lowest BCUT2D eigenvalue weighted by atomic mass is 9.92. The summed E-state index contributed by atoms with van der Waals surface area (Å²) in [5.74, 6) is 0.474. The van der Waals surface area contributed by atoms with E-state index < -0.39 is 0 Å². The van der Waals surface area contributed by atoms with Gasteiger partial charge in [0.15, 0.2) is 0 Å². The van der Waals surface area contributed by atoms with Crippen molar-refractivity contribution in [2.45, 2.75) is 38.3 Å². The Hall–Kier alpha value is -2.10. The van der Waals surface area contributed by atoms with E-state index in [1.165, 1.54) is 11.1 Å². The van der Waals surface area contributed by atoms with E-state index in [4.69, 9.17) is 11.6 Å². The lowest BCUT2D eigenvalue weighted by molar-refractivity contribution is -0.134. The predicted molar refractivity (Wildman–Crippen MR) is 103 cm³/mol. The number of nitrogens with zero attached hydrogens (tertiary/aromatic N) is 2. The van der Waals surface area contributed by atoms with Gasteiger partial charge in [0.2, 0.25) is 5.91 Å². The summed E-state index contributed by atoms with van der Waals surface area (Å²) in [5, 5.41) is 5.02. The molecule has 5 rings (SSSR count). The first-order chi connectivity index (χ1) is 12.5. The quantitative estimate of drug-likeness (QED) is 0.723. The molecular formula is C22H21ClN2O. The van der Waals surface area contributed by atoms with E-state index in [9.17, 15) is 4.79 Å². The minimum absolute atomic E-state index is 0.181. The van der Waals surface area contributed by atoms with Crippen molar-refractivity contribution in [1.82, 2.24) is 10.0 Å². The molecule has 0 saturated carbocycles. The number of fused-ring (bicyclic) bond motifs is 5. The Morgan fingerprint density at radius 2 is 1.92 bits per heavy atom. The molecule has 2 aliphatic heterocycles. The number of hydrogen-bond acceptors (Lipinski definition) is 2. The van der Waals surface area contributed by atoms with Gasteiger partial charge in [-0.3, -0.25) is 4.79 Å². The summed E-state index contributed by atoms with van der Waals surface area (Å²) < 4.78 is 0. The van der Waals surface area contributed by atoms with Crippen LogP contribution in [-0.4, -0.2) is 21.5 Å². The lowest BCUT2D eigenvalue weighted by Crippen LogP contribution is -2.43. The standard InChI is InChI=1S/C22H21ClN2O/c1-22(2)13-20(26)24-19(10-14-6-4-3-5-7-14)18-11-15-8-9-16(23)12-17(15)21(18)25(22)24/h3-10,12,18,21H,11,13H2,1-2H3/b19-10+. The van der Waals surface area contributed by atoms with Gasteiger partial charge in [0.25, 0.3) is 0 Å². The second-order valence-electron chi connectivity index (χ2n) is 8.12. The average Bonchev–Trinajstić information content (AvgIpc) is 3.18. The van der Waals surface area contributed by atoms with Crippen molar-refractivity contribution in [2.24, 2.45) is 5.92 Å². The Balaban J connectivity index is 1.69. The highest BCUT2D eigenvalue weighted by molar-refractivity contribution is 6.30. The lowest BCUT2D eigenvalue weighted by Gasteiger charge is -2.35. The van der Waals surface area contributed by atoms with Gasteiger partial charge in [-0.05, 0) is 55.2 Å². The van der Waals surface area contributed by atoms with Crippen LogP contribution >= 0.6 is 11.6 Å². The van der Waals surface area contributed by atoms with E-state index >= 15 is 0 Å². The topological polar surface area (TPSA) is 23.6 Å². The highest BCUT2D eigenvalue weighted by atomic mass is 35.5. The Morgan fingerprint density at radius 3 is 2.69 bits per heavy atom. The number of hydrazine groups is 1. The second-order valence-corrected chi connectivity index (χ2v) is 8.55. The molecule has 0 radical (unpaired) electrons. The summed E-state index contributed by atoms with van der Waals surface area (Å²) >= 11 is 6.31. The third-order valence-electron chi connectivity index (χ3n) is 5.91. The Bertz CT molecular complexity index is 934. The van der Waals surface area contributed by atoms with Gasteiger partial charge in [0.1, 0.15) is 0 Å². The predicted octanol–water partition coefficient (Wildman–Crippen LogP) is 4.84. The highest BCUT2D eigenvalue weighted by Crippen LogP contribution is 2.57. The molecule has 3 aliphatic rings. The number of carbonyl (C=O) groups is 1. The summed E-state index contributed by atoms with van der Waals surface area (Å²) in [6.07, 6.45) is 3.68. The van der Waals surface area contributed by atoms with E-state index in [0.717, 1.165) is 22.7 Å². The maximum Gasteiger partial charge on any atom is 0.243 e. The first-order valence-corrected chi connectivity index (χ1v) is 9.51. The zero-order chi connectivity index (χ0) is 18.1. The largest absolute Gasteiger partial charge is 0.273 e. The molecule has 2 aromatic rings. The number of hydrogen-bond donors (Lipinski definition) is 0. The van der Waals surface area contributed by atoms with Gasteiger partial charge in [-0.1, -0.05) is 48.0 Å². The van der Waals surface area contributed by atoms with Crippen LogP contribution in [0.4, 0.5) is 0 Å². The van der Waals surface area contributed by atoms with Crippen molar-refractivity contribution in [1.29, 1.82) is 0 Å². The van der Waals surface area contributed by atoms with Crippen LogP contribution in [0, 0.1) is 5.92 Å². The number of rotatable bonds is 1. The maximum absolute atomic E-state index is 12.9. The molecule has 1 amide bonds. The zero-order valence-corrected chi connectivity index (χ0v) is 15.7. The van der Waals surface area contributed by atoms with Crippen molar-refractivity contribution in [3.63, 3.8) is 0 Å². The van der Waals surface area contributed by atoms with Crippen molar-refractivity contribution in [3.8, 4) is 0 Å². The Morgan fingerprint density at radius 1 is 1.15 bits per heavy atom. The summed E-state index contributed by atoms with van der Waals surface area (Å²) in [6.45, 7) is 4.33. The first-order valence-electron chi connectivity index (χ1n) is 9.13. The van der Waals surface area contributed by atoms with Crippen molar-refractivity contribution < 1.29 is 4.79 Å². The number of carbonyl (C=O) groups excluding carboxylic acids is 1. The molecule has 132 valence electrons. The Labute approximate surface area is 158 Å². The van der Waals surface area contributed by atoms with Crippen LogP contribution in [0.25, 0.3) is 6.08 Å². The Kier molecular flexibility index (Phi) is 3.37. The molecule has 3 nitrogen and oxygen atoms in total. The normalized spacial score (nSPS) is 27.7. The maximum atomic E-state index is 12.9. The molecule has 2 aromatic carbocycles. The van der Waals surface area contributed by atoms with Crippen LogP contribution in [0.5, 0.6) is 0 Å². The van der Waals surface area contributed by atoms with E-state index in [1.54, 1.807) is 0 Å². The molecule has 26 heavy (non-hydrogen) atoms. The minimum Gasteiger partial charge on any atom is -0.273 e. The fourth-order valence-corrected chi connectivity index (χ4v) is 5.07. The number of halogens is 1. The molecule has 0 aromatic heterocycles. The van der Waals surface area contributed by atoms with Crippen molar-refractivity contribution in [2.75, 3.05) is 0 Å². The molecular weight excluding hydrogens is 344 g/mol. The smallest absolute Gasteiger partial charge is 0.243 e. The van der Waals surface area contributed by atoms with Crippen LogP contribution in [0.1, 0.15) is 43.0 Å². The monoisotopic (exact) mass is 364 g/mol. The molecule has 2 unspecified atom stereocenters. The van der Waals surface area contributed by atoms with Gasteiger partial charge in [-0.15, -0.1) is 0 Å². The van der Waals surface area contributed by atoms with Gasteiger partial charge >= 0.3 is 0 Å². The van der Waals surface area contributed by atoms with Crippen molar-refractivity contribution in [3.05, 3.63) is 75.9 Å². The molecule has 0 spiro atoms. The molecule has 0 bridgehead atoms. The first kappa shape index (κ1) is 16.1. The highest BCUT2D eigenvalue weighted by Gasteiger charge is 2.59. The van der Waals surface area contributed by atoms with E-state index in [1.807, 2.05) is 29.3 Å². The van der Waals surface area contributed by atoms with Crippen LogP contribution in [0.3, 0.4) is 0 Å². The second kappa shape index (κ2) is 5.45. The number of benzene rings is 2. The summed E-state index contributed by atoms with van der Waals surface area (Å²) in [5.41, 5.74) is 4.67. The van der Waals surface area contributed by atoms with E-state index in [-0.39, 0.29) is 23.4 Å².